The first-order valence-electron chi connectivity index (χ1n) is 15.2. The van der Waals surface area contributed by atoms with Gasteiger partial charge in [0.05, 0.1) is 27.4 Å². The Hall–Kier alpha value is -4.35. The molecule has 2 aliphatic heterocycles. The van der Waals surface area contributed by atoms with Crippen LogP contribution in [-0.4, -0.2) is 63.4 Å². The van der Waals surface area contributed by atoms with Crippen LogP contribution in [0.15, 0.2) is 18.2 Å². The molecule has 48 heavy (non-hydrogen) atoms. The number of thiophene rings is 1. The molecule has 15 heteroatoms. The minimum atomic E-state index is -1.17. The number of nitrogens with zero attached hydrogens (tertiary/aromatic N) is 5. The molecular formula is C33H32ClF3N6O4S. The zero-order chi connectivity index (χ0) is 34.9. The number of carbonyl (C=O) groups is 2. The highest BCUT2D eigenvalue weighted by Gasteiger charge is 2.45. The molecule has 2 unspecified atom stereocenters. The molecule has 2 aliphatic rings. The van der Waals surface area contributed by atoms with Crippen molar-refractivity contribution in [2.75, 3.05) is 23.3 Å². The molecule has 4 heterocycles. The largest absolute Gasteiger partial charge is 0.444 e. The van der Waals surface area contributed by atoms with Crippen molar-refractivity contribution < 1.29 is 32.2 Å². The SMILES string of the molecule is CC(C)(C)OC(=O)Nc1sc2c(F)ccc(-c3c(Cl)cc4c(N5CC6CCC(C5)N6C(=O)OC(C)(C)C)nc(F)nc4c3F)c2c1C#N. The summed E-state index contributed by atoms with van der Waals surface area (Å²) in [7, 11) is 0. The molecule has 2 amide bonds. The number of carbonyl (C=O) groups excluding carboxylic acids is 2. The van der Waals surface area contributed by atoms with E-state index in [-0.39, 0.29) is 65.6 Å². The Morgan fingerprint density at radius 3 is 2.29 bits per heavy atom. The van der Waals surface area contributed by atoms with Crippen molar-refractivity contribution in [1.82, 2.24) is 14.9 Å². The van der Waals surface area contributed by atoms with E-state index in [2.05, 4.69) is 15.3 Å². The fraction of sp³-hybridized carbons (Fsp3) is 0.424. The molecule has 0 saturated carbocycles. The van der Waals surface area contributed by atoms with Gasteiger partial charge in [0.2, 0.25) is 0 Å². The second-order valence-electron chi connectivity index (χ2n) is 13.8. The number of hydrogen-bond acceptors (Lipinski definition) is 9. The molecule has 2 bridgehead atoms. The highest BCUT2D eigenvalue weighted by molar-refractivity contribution is 7.23. The third-order valence-corrected chi connectivity index (χ3v) is 9.42. The quantitative estimate of drug-likeness (QED) is 0.212. The summed E-state index contributed by atoms with van der Waals surface area (Å²) in [5, 5.41) is 12.6. The predicted molar refractivity (Wildman–Crippen MR) is 177 cm³/mol. The minimum Gasteiger partial charge on any atom is -0.444 e. The van der Waals surface area contributed by atoms with Crippen molar-refractivity contribution in [2.24, 2.45) is 0 Å². The van der Waals surface area contributed by atoms with Gasteiger partial charge in [-0.3, -0.25) is 10.2 Å². The Kier molecular flexibility index (Phi) is 8.36. The van der Waals surface area contributed by atoms with Gasteiger partial charge in [0.15, 0.2) is 5.82 Å². The first-order valence-corrected chi connectivity index (χ1v) is 16.4. The number of halogens is 4. The molecule has 10 nitrogen and oxygen atoms in total. The number of benzene rings is 2. The summed E-state index contributed by atoms with van der Waals surface area (Å²) >= 11 is 7.53. The average Bonchev–Trinajstić information content (AvgIpc) is 3.46. The lowest BCUT2D eigenvalue weighted by molar-refractivity contribution is 0.0122. The number of anilines is 2. The maximum atomic E-state index is 16.6. The lowest BCUT2D eigenvalue weighted by Gasteiger charge is -2.42. The van der Waals surface area contributed by atoms with E-state index in [4.69, 9.17) is 21.1 Å². The summed E-state index contributed by atoms with van der Waals surface area (Å²) in [6.45, 7) is 11.0. The van der Waals surface area contributed by atoms with E-state index in [1.165, 1.54) is 12.1 Å². The van der Waals surface area contributed by atoms with Crippen LogP contribution in [0.2, 0.25) is 5.02 Å². The van der Waals surface area contributed by atoms with Crippen LogP contribution >= 0.6 is 22.9 Å². The summed E-state index contributed by atoms with van der Waals surface area (Å²) in [4.78, 5) is 36.8. The van der Waals surface area contributed by atoms with E-state index in [0.717, 1.165) is 17.4 Å². The van der Waals surface area contributed by atoms with Gasteiger partial charge < -0.3 is 14.4 Å². The van der Waals surface area contributed by atoms with Gasteiger partial charge >= 0.3 is 18.3 Å². The Labute approximate surface area is 283 Å². The fourth-order valence-corrected chi connectivity index (χ4v) is 7.66. The molecule has 0 spiro atoms. The Morgan fingerprint density at radius 1 is 1.04 bits per heavy atom. The Morgan fingerprint density at radius 2 is 1.69 bits per heavy atom. The van der Waals surface area contributed by atoms with Gasteiger partial charge in [-0.1, -0.05) is 17.7 Å². The number of hydrogen-bond donors (Lipinski definition) is 1. The maximum absolute atomic E-state index is 16.6. The summed E-state index contributed by atoms with van der Waals surface area (Å²) in [5.41, 5.74) is -2.19. The lowest BCUT2D eigenvalue weighted by atomic mass is 9.97. The van der Waals surface area contributed by atoms with Crippen molar-refractivity contribution in [3.63, 3.8) is 0 Å². The summed E-state index contributed by atoms with van der Waals surface area (Å²) < 4.78 is 57.7. The highest BCUT2D eigenvalue weighted by atomic mass is 35.5. The van der Waals surface area contributed by atoms with Crippen LogP contribution in [0.25, 0.3) is 32.1 Å². The van der Waals surface area contributed by atoms with E-state index >= 15 is 13.2 Å². The number of ether oxygens (including phenoxy) is 2. The Balaban J connectivity index is 1.43. The van der Waals surface area contributed by atoms with Gasteiger partial charge in [-0.25, -0.2) is 18.4 Å². The number of piperazine rings is 1. The molecule has 2 aromatic heterocycles. The number of nitriles is 1. The van der Waals surface area contributed by atoms with E-state index in [9.17, 15) is 14.9 Å². The highest BCUT2D eigenvalue weighted by Crippen LogP contribution is 2.46. The van der Waals surface area contributed by atoms with Gasteiger partial charge in [-0.15, -0.1) is 11.3 Å². The molecule has 2 aromatic carbocycles. The van der Waals surface area contributed by atoms with Crippen molar-refractivity contribution in [1.29, 1.82) is 5.26 Å². The Bertz CT molecular complexity index is 2020. The van der Waals surface area contributed by atoms with Crippen molar-refractivity contribution in [3.05, 3.63) is 46.5 Å². The first-order chi connectivity index (χ1) is 22.5. The zero-order valence-electron chi connectivity index (χ0n) is 27.0. The third-order valence-electron chi connectivity index (χ3n) is 8.01. The van der Waals surface area contributed by atoms with Gasteiger partial charge in [0.25, 0.3) is 0 Å². The molecule has 0 aliphatic carbocycles. The van der Waals surface area contributed by atoms with Crippen molar-refractivity contribution >= 4 is 66.9 Å². The second-order valence-corrected chi connectivity index (χ2v) is 15.2. The van der Waals surface area contributed by atoms with E-state index < -0.39 is 41.1 Å². The smallest absolute Gasteiger partial charge is 0.412 e. The summed E-state index contributed by atoms with van der Waals surface area (Å²) in [6.07, 6.45) is -1.04. The minimum absolute atomic E-state index is 0.00114. The second kappa shape index (κ2) is 12.0. The molecule has 2 saturated heterocycles. The van der Waals surface area contributed by atoms with Crippen molar-refractivity contribution in [3.8, 4) is 17.2 Å². The normalized spacial score (nSPS) is 17.9. The van der Waals surface area contributed by atoms with Crippen LogP contribution in [-0.2, 0) is 9.47 Å². The summed E-state index contributed by atoms with van der Waals surface area (Å²) in [5.74, 6) is -1.59. The topological polar surface area (TPSA) is 121 Å². The molecule has 4 aromatic rings. The zero-order valence-corrected chi connectivity index (χ0v) is 28.6. The lowest BCUT2D eigenvalue weighted by Crippen LogP contribution is -2.57. The van der Waals surface area contributed by atoms with Crippen LogP contribution in [0.3, 0.4) is 0 Å². The monoisotopic (exact) mass is 700 g/mol. The standard InChI is InChI=1S/C33H32ClF3N6O4S/c1-32(2,3)46-30(44)41-28-19(12-38)22-17(9-10-21(35)26(22)48-28)23-20(34)11-18-25(24(23)36)39-29(37)40-27(18)42-13-15-7-8-16(14-42)43(15)31(45)47-33(4,5)6/h9-11,15-16H,7-8,13-14H2,1-6H3,(H,41,44). The first kappa shape index (κ1) is 33.5. The molecule has 0 radical (unpaired) electrons. The number of fused-ring (bicyclic) bond motifs is 4. The number of nitrogens with one attached hydrogen (secondary N) is 1. The fourth-order valence-electron chi connectivity index (χ4n) is 6.30. The molecule has 252 valence electrons. The van der Waals surface area contributed by atoms with Gasteiger partial charge in [-0.2, -0.15) is 19.6 Å². The van der Waals surface area contributed by atoms with Crippen LogP contribution < -0.4 is 10.2 Å². The van der Waals surface area contributed by atoms with Crippen LogP contribution in [0.4, 0.5) is 33.6 Å². The summed E-state index contributed by atoms with van der Waals surface area (Å²) in [6, 6.07) is 5.30. The van der Waals surface area contributed by atoms with Crippen molar-refractivity contribution in [2.45, 2.75) is 77.7 Å². The predicted octanol–water partition coefficient (Wildman–Crippen LogP) is 8.39. The van der Waals surface area contributed by atoms with E-state index in [0.29, 0.717) is 25.9 Å². The van der Waals surface area contributed by atoms with Gasteiger partial charge in [0.1, 0.15) is 39.4 Å². The molecule has 1 N–H and O–H groups in total. The van der Waals surface area contributed by atoms with Crippen LogP contribution in [0, 0.1) is 29.0 Å². The molecule has 6 rings (SSSR count). The molecule has 2 fully saturated rings. The average molecular weight is 701 g/mol. The van der Waals surface area contributed by atoms with Gasteiger partial charge in [-0.05, 0) is 72.1 Å². The maximum Gasteiger partial charge on any atom is 0.412 e. The van der Waals surface area contributed by atoms with E-state index in [1.54, 1.807) is 51.3 Å². The molecule has 2 atom stereocenters. The number of amides is 2. The van der Waals surface area contributed by atoms with Crippen LogP contribution in [0.5, 0.6) is 0 Å². The third kappa shape index (κ3) is 6.17. The number of rotatable bonds is 3. The molecular weight excluding hydrogens is 669 g/mol. The number of aromatic nitrogens is 2. The van der Waals surface area contributed by atoms with E-state index in [1.807, 2.05) is 6.07 Å². The van der Waals surface area contributed by atoms with Gasteiger partial charge in [0, 0.05) is 29.4 Å². The van der Waals surface area contributed by atoms with Crippen LogP contribution in [0.1, 0.15) is 59.9 Å².